The fourth-order valence-electron chi connectivity index (χ4n) is 4.18. The maximum absolute atomic E-state index is 11.9. The number of carbonyl (C=O) groups excluding carboxylic acids is 2. The molecule has 1 aliphatic rings. The number of phenols is 1. The van der Waals surface area contributed by atoms with Gasteiger partial charge in [0.2, 0.25) is 5.91 Å². The number of fused-ring (bicyclic) bond motifs is 1. The van der Waals surface area contributed by atoms with Gasteiger partial charge in [0.05, 0.1) is 17.6 Å². The van der Waals surface area contributed by atoms with Crippen LogP contribution in [0.1, 0.15) is 29.4 Å². The average molecular weight is 519 g/mol. The number of imidazole rings is 1. The number of hydrogen-bond donors (Lipinski definition) is 2. The fraction of sp³-hybridized carbons (Fsp3) is 0.250. The standard InChI is InChI=1S/C28H27N3O5S/c1-15-11-23(16(2)17(3)26(15)32)36-20-9-10-21-22(13-20)31(4)25(29-21)14-35-19-7-5-18(6-8-19)12-24-27(33)30-28(34)37-24/h5-11,13,24,32H,12,14H2,1-4H3,(H,30,33,34)/i24D. The van der Waals surface area contributed by atoms with Crippen molar-refractivity contribution < 1.29 is 25.5 Å². The van der Waals surface area contributed by atoms with Gasteiger partial charge in [-0.25, -0.2) is 4.98 Å². The first kappa shape index (κ1) is 23.4. The summed E-state index contributed by atoms with van der Waals surface area (Å²) < 4.78 is 22.3. The Morgan fingerprint density at radius 1 is 1.08 bits per heavy atom. The van der Waals surface area contributed by atoms with Crippen molar-refractivity contribution in [1.82, 2.24) is 14.9 Å². The highest BCUT2D eigenvalue weighted by atomic mass is 32.2. The van der Waals surface area contributed by atoms with E-state index in [-0.39, 0.29) is 18.8 Å². The Hall–Kier alpha value is -3.98. The molecule has 0 aliphatic carbocycles. The van der Waals surface area contributed by atoms with Crippen LogP contribution in [0.15, 0.2) is 48.5 Å². The van der Waals surface area contributed by atoms with E-state index in [9.17, 15) is 14.7 Å². The number of carbonyl (C=O) groups is 2. The molecule has 5 rings (SSSR count). The first-order chi connectivity index (χ1) is 18.0. The molecule has 4 aromatic rings. The Labute approximate surface area is 220 Å². The van der Waals surface area contributed by atoms with Crippen LogP contribution in [0.5, 0.6) is 23.0 Å². The Bertz CT molecular complexity index is 1580. The molecule has 1 unspecified atom stereocenters. The van der Waals surface area contributed by atoms with Crippen LogP contribution in [0.25, 0.3) is 11.0 Å². The van der Waals surface area contributed by atoms with Gasteiger partial charge in [-0.1, -0.05) is 23.9 Å². The number of phenolic OH excluding ortho intramolecular Hbond substituents is 1. The summed E-state index contributed by atoms with van der Waals surface area (Å²) >= 11 is 0.695. The number of thioether (sulfide) groups is 1. The number of ether oxygens (including phenoxy) is 2. The summed E-state index contributed by atoms with van der Waals surface area (Å²) in [4.78, 5) is 28.1. The van der Waals surface area contributed by atoms with Crippen molar-refractivity contribution in [3.63, 3.8) is 0 Å². The van der Waals surface area contributed by atoms with Crippen LogP contribution in [0.2, 0.25) is 0 Å². The lowest BCUT2D eigenvalue weighted by atomic mass is 10.0. The second-order valence-electron chi connectivity index (χ2n) is 9.01. The molecule has 2 amide bonds. The molecule has 1 aliphatic heterocycles. The molecule has 3 aromatic carbocycles. The summed E-state index contributed by atoms with van der Waals surface area (Å²) in [6.07, 6.45) is 0.119. The van der Waals surface area contributed by atoms with Gasteiger partial charge in [0, 0.05) is 13.1 Å². The second kappa shape index (κ2) is 9.82. The lowest BCUT2D eigenvalue weighted by Crippen LogP contribution is -2.25. The lowest BCUT2D eigenvalue weighted by molar-refractivity contribution is -0.118. The van der Waals surface area contributed by atoms with Gasteiger partial charge < -0.3 is 19.1 Å². The molecule has 2 N–H and O–H groups in total. The van der Waals surface area contributed by atoms with Crippen molar-refractivity contribution >= 4 is 33.9 Å². The first-order valence-electron chi connectivity index (χ1n) is 12.2. The van der Waals surface area contributed by atoms with Crippen molar-refractivity contribution in [2.45, 2.75) is 39.0 Å². The third kappa shape index (κ3) is 4.99. The number of aryl methyl sites for hydroxylation is 2. The largest absolute Gasteiger partial charge is 0.507 e. The highest BCUT2D eigenvalue weighted by Gasteiger charge is 2.31. The molecule has 0 bridgehead atoms. The van der Waals surface area contributed by atoms with Crippen molar-refractivity contribution in [3.8, 4) is 23.0 Å². The first-order valence-corrected chi connectivity index (χ1v) is 12.5. The van der Waals surface area contributed by atoms with E-state index in [4.69, 9.17) is 10.8 Å². The predicted molar refractivity (Wildman–Crippen MR) is 143 cm³/mol. The average Bonchev–Trinajstić information content (AvgIpc) is 3.33. The van der Waals surface area contributed by atoms with Crippen LogP contribution in [-0.2, 0) is 24.9 Å². The molecular formula is C28H27N3O5S. The number of imide groups is 1. The Kier molecular flexibility index (Phi) is 6.21. The van der Waals surface area contributed by atoms with E-state index in [1.165, 1.54) is 0 Å². The molecular weight excluding hydrogens is 490 g/mol. The van der Waals surface area contributed by atoms with Gasteiger partial charge in [-0.2, -0.15) is 0 Å². The molecule has 9 heteroatoms. The molecule has 37 heavy (non-hydrogen) atoms. The monoisotopic (exact) mass is 518 g/mol. The molecule has 190 valence electrons. The van der Waals surface area contributed by atoms with Crippen molar-refractivity contribution in [1.29, 1.82) is 0 Å². The Morgan fingerprint density at radius 2 is 1.81 bits per heavy atom. The maximum Gasteiger partial charge on any atom is 0.286 e. The van der Waals surface area contributed by atoms with Crippen molar-refractivity contribution in [2.75, 3.05) is 0 Å². The van der Waals surface area contributed by atoms with Crippen molar-refractivity contribution in [3.05, 3.63) is 76.6 Å². The number of hydrogen-bond acceptors (Lipinski definition) is 7. The summed E-state index contributed by atoms with van der Waals surface area (Å²) in [5.41, 5.74) is 4.90. The van der Waals surface area contributed by atoms with Crippen molar-refractivity contribution in [2.24, 2.45) is 7.05 Å². The van der Waals surface area contributed by atoms with Crippen LogP contribution in [0.4, 0.5) is 4.79 Å². The van der Waals surface area contributed by atoms with Crippen LogP contribution < -0.4 is 14.8 Å². The summed E-state index contributed by atoms with van der Waals surface area (Å²) in [6, 6.07) is 14.6. The summed E-state index contributed by atoms with van der Waals surface area (Å²) in [6.45, 7) is 5.88. The number of nitrogens with zero attached hydrogens (tertiary/aromatic N) is 2. The number of aromatic hydroxyl groups is 1. The van der Waals surface area contributed by atoms with Crippen LogP contribution in [0, 0.1) is 20.8 Å². The van der Waals surface area contributed by atoms with E-state index in [0.29, 0.717) is 29.0 Å². The molecule has 1 aromatic heterocycles. The van der Waals surface area contributed by atoms with Crippen LogP contribution >= 0.6 is 11.8 Å². The molecule has 2 heterocycles. The molecule has 0 spiro atoms. The van der Waals surface area contributed by atoms with Gasteiger partial charge in [0.25, 0.3) is 5.24 Å². The van der Waals surface area contributed by atoms with Crippen LogP contribution in [0.3, 0.4) is 0 Å². The summed E-state index contributed by atoms with van der Waals surface area (Å²) in [5, 5.41) is 10.3. The quantitative estimate of drug-likeness (QED) is 0.334. The number of rotatable bonds is 7. The molecule has 1 fully saturated rings. The van der Waals surface area contributed by atoms with Gasteiger partial charge in [-0.05, 0) is 79.8 Å². The highest BCUT2D eigenvalue weighted by Crippen LogP contribution is 2.35. The predicted octanol–water partition coefficient (Wildman–Crippen LogP) is 5.47. The van der Waals surface area contributed by atoms with Crippen LogP contribution in [-0.4, -0.2) is 31.0 Å². The van der Waals surface area contributed by atoms with E-state index in [1.807, 2.05) is 56.7 Å². The molecule has 1 saturated heterocycles. The van der Waals surface area contributed by atoms with Gasteiger partial charge in [-0.15, -0.1) is 0 Å². The van der Waals surface area contributed by atoms with Gasteiger partial charge in [-0.3, -0.25) is 14.9 Å². The molecule has 0 radical (unpaired) electrons. The van der Waals surface area contributed by atoms with E-state index in [2.05, 4.69) is 10.3 Å². The second-order valence-corrected chi connectivity index (χ2v) is 10.1. The topological polar surface area (TPSA) is 103 Å². The molecule has 8 nitrogen and oxygen atoms in total. The SMILES string of the molecule is [2H]C1(Cc2ccc(OCc3nc4ccc(Oc5cc(C)c(O)c(C)c5C)cc4n3C)cc2)SC(=O)NC1=O. The van der Waals surface area contributed by atoms with E-state index < -0.39 is 16.4 Å². The van der Waals surface area contributed by atoms with Gasteiger partial charge >= 0.3 is 0 Å². The van der Waals surface area contributed by atoms with Gasteiger partial charge in [0.1, 0.15) is 35.4 Å². The smallest absolute Gasteiger partial charge is 0.286 e. The zero-order valence-electron chi connectivity index (χ0n) is 21.9. The number of nitrogens with one attached hydrogen (secondary N) is 1. The van der Waals surface area contributed by atoms with Gasteiger partial charge in [0.15, 0.2) is 0 Å². The normalized spacial score (nSPS) is 17.7. The minimum Gasteiger partial charge on any atom is -0.507 e. The minimum atomic E-state index is -1.55. The maximum atomic E-state index is 11.9. The fourth-order valence-corrected chi connectivity index (χ4v) is 4.93. The minimum absolute atomic E-state index is 0.119. The molecule has 0 saturated carbocycles. The lowest BCUT2D eigenvalue weighted by Gasteiger charge is -2.14. The third-order valence-electron chi connectivity index (χ3n) is 6.52. The zero-order valence-corrected chi connectivity index (χ0v) is 21.7. The zero-order chi connectivity index (χ0) is 27.2. The third-order valence-corrected chi connectivity index (χ3v) is 7.39. The summed E-state index contributed by atoms with van der Waals surface area (Å²) in [7, 11) is 1.92. The van der Waals surface area contributed by atoms with E-state index >= 15 is 0 Å². The van der Waals surface area contributed by atoms with E-state index in [1.54, 1.807) is 24.3 Å². The summed E-state index contributed by atoms with van der Waals surface area (Å²) in [5.74, 6) is 2.41. The molecule has 1 atom stereocenters. The number of aromatic nitrogens is 2. The highest BCUT2D eigenvalue weighted by molar-refractivity contribution is 8.15. The number of amides is 2. The number of benzene rings is 3. The Balaban J connectivity index is 1.28. The Morgan fingerprint density at radius 3 is 2.51 bits per heavy atom. The van der Waals surface area contributed by atoms with E-state index in [0.717, 1.165) is 39.1 Å².